The number of rotatable bonds is 5. The lowest BCUT2D eigenvalue weighted by atomic mass is 9.94. The Morgan fingerprint density at radius 2 is 2.09 bits per heavy atom. The molecule has 1 saturated carbocycles. The molecule has 3 atom stereocenters. The molecule has 1 fully saturated rings. The number of halogens is 1. The maximum Gasteiger partial charge on any atom is 0.290 e. The molecular weight excluding hydrogens is 328 g/mol. The van der Waals surface area contributed by atoms with E-state index in [4.69, 9.17) is 11.6 Å². The molecule has 3 rings (SSSR count). The van der Waals surface area contributed by atoms with E-state index in [1.165, 1.54) is 12.1 Å². The lowest BCUT2D eigenvalue weighted by Crippen LogP contribution is -2.31. The van der Waals surface area contributed by atoms with Crippen molar-refractivity contribution in [3.63, 3.8) is 0 Å². The number of allylic oxidation sites excluding steroid dienone is 2. The fraction of sp³-hybridized carbons (Fsp3) is 0.429. The first-order valence-corrected chi connectivity index (χ1v) is 8.85. The highest BCUT2D eigenvalue weighted by Gasteiger charge is 2.36. The van der Waals surface area contributed by atoms with E-state index in [0.29, 0.717) is 18.4 Å². The number of nitro groups is 1. The first-order chi connectivity index (χ1) is 10.4. The molecule has 0 aliphatic heterocycles. The normalized spacial score (nSPS) is 26.5. The van der Waals surface area contributed by atoms with Crippen LogP contribution in [0, 0.1) is 27.9 Å². The standard InChI is InChI=1S/C14H15ClN2O4S/c15-12-3-4-14(13(7-12)17(18)19)22(20,21)16-8-11-6-9-1-2-10(11)5-9/h1-4,7,9-11,16H,5-6,8H2/t9-,10-,11+/m1/s1. The van der Waals surface area contributed by atoms with Gasteiger partial charge in [-0.2, -0.15) is 0 Å². The van der Waals surface area contributed by atoms with Crippen LogP contribution in [0.3, 0.4) is 0 Å². The highest BCUT2D eigenvalue weighted by Crippen LogP contribution is 2.43. The van der Waals surface area contributed by atoms with Gasteiger partial charge in [-0.05, 0) is 42.7 Å². The van der Waals surface area contributed by atoms with Crippen LogP contribution in [0.25, 0.3) is 0 Å². The molecule has 2 bridgehead atoms. The number of hydrogen-bond donors (Lipinski definition) is 1. The van der Waals surface area contributed by atoms with Crippen molar-refractivity contribution in [1.82, 2.24) is 4.72 Å². The molecule has 1 N–H and O–H groups in total. The predicted molar refractivity (Wildman–Crippen MR) is 82.1 cm³/mol. The summed E-state index contributed by atoms with van der Waals surface area (Å²) in [4.78, 5) is 9.95. The molecular formula is C14H15ClN2O4S. The summed E-state index contributed by atoms with van der Waals surface area (Å²) in [5.74, 6) is 1.22. The Bertz CT molecular complexity index is 747. The third-order valence-corrected chi connectivity index (χ3v) is 6.07. The molecule has 8 heteroatoms. The average molecular weight is 343 g/mol. The summed E-state index contributed by atoms with van der Waals surface area (Å²) >= 11 is 5.71. The van der Waals surface area contributed by atoms with E-state index in [2.05, 4.69) is 16.9 Å². The molecule has 2 aliphatic rings. The van der Waals surface area contributed by atoms with Crippen LogP contribution in [0.2, 0.25) is 5.02 Å². The molecule has 6 nitrogen and oxygen atoms in total. The number of fused-ring (bicyclic) bond motifs is 2. The van der Waals surface area contributed by atoms with Gasteiger partial charge in [0, 0.05) is 17.6 Å². The van der Waals surface area contributed by atoms with Crippen LogP contribution in [0.5, 0.6) is 0 Å². The lowest BCUT2D eigenvalue weighted by molar-refractivity contribution is -0.387. The van der Waals surface area contributed by atoms with E-state index < -0.39 is 20.6 Å². The van der Waals surface area contributed by atoms with Crippen LogP contribution in [0.15, 0.2) is 35.2 Å². The summed E-state index contributed by atoms with van der Waals surface area (Å²) in [6.45, 7) is 0.299. The number of benzene rings is 1. The molecule has 0 heterocycles. The van der Waals surface area contributed by atoms with Crippen molar-refractivity contribution in [1.29, 1.82) is 0 Å². The molecule has 0 aromatic heterocycles. The van der Waals surface area contributed by atoms with Gasteiger partial charge in [0.05, 0.1) is 4.92 Å². The van der Waals surface area contributed by atoms with Gasteiger partial charge in [0.2, 0.25) is 10.0 Å². The van der Waals surface area contributed by atoms with Crippen molar-refractivity contribution in [2.45, 2.75) is 17.7 Å². The molecule has 2 aliphatic carbocycles. The first kappa shape index (κ1) is 15.5. The minimum absolute atomic E-state index is 0.129. The zero-order valence-electron chi connectivity index (χ0n) is 11.6. The van der Waals surface area contributed by atoms with Crippen molar-refractivity contribution in [2.75, 3.05) is 6.54 Å². The van der Waals surface area contributed by atoms with Gasteiger partial charge in [-0.1, -0.05) is 23.8 Å². The molecule has 0 radical (unpaired) electrons. The van der Waals surface area contributed by atoms with Crippen molar-refractivity contribution in [3.8, 4) is 0 Å². The molecule has 0 unspecified atom stereocenters. The van der Waals surface area contributed by atoms with E-state index in [-0.39, 0.29) is 15.8 Å². The summed E-state index contributed by atoms with van der Waals surface area (Å²) in [6.07, 6.45) is 6.36. The third kappa shape index (κ3) is 2.88. The highest BCUT2D eigenvalue weighted by molar-refractivity contribution is 7.89. The van der Waals surface area contributed by atoms with E-state index in [1.54, 1.807) is 0 Å². The maximum absolute atomic E-state index is 12.4. The van der Waals surface area contributed by atoms with E-state index >= 15 is 0 Å². The molecule has 0 amide bonds. The van der Waals surface area contributed by atoms with Gasteiger partial charge in [0.1, 0.15) is 0 Å². The minimum Gasteiger partial charge on any atom is -0.258 e. The van der Waals surface area contributed by atoms with Crippen LogP contribution in [0.1, 0.15) is 12.8 Å². The zero-order chi connectivity index (χ0) is 15.9. The summed E-state index contributed by atoms with van der Waals surface area (Å²) < 4.78 is 27.2. The van der Waals surface area contributed by atoms with E-state index in [0.717, 1.165) is 18.9 Å². The first-order valence-electron chi connectivity index (χ1n) is 6.99. The van der Waals surface area contributed by atoms with E-state index in [1.807, 2.05) is 0 Å². The number of sulfonamides is 1. The Labute approximate surface area is 133 Å². The largest absolute Gasteiger partial charge is 0.290 e. The summed E-state index contributed by atoms with van der Waals surface area (Å²) in [7, 11) is -3.93. The number of nitrogens with zero attached hydrogens (tertiary/aromatic N) is 1. The van der Waals surface area contributed by atoms with Crippen LogP contribution >= 0.6 is 11.6 Å². The predicted octanol–water partition coefficient (Wildman–Crippen LogP) is 2.74. The fourth-order valence-corrected chi connectivity index (χ4v) is 4.70. The van der Waals surface area contributed by atoms with Gasteiger partial charge >= 0.3 is 0 Å². The van der Waals surface area contributed by atoms with Crippen LogP contribution in [-0.2, 0) is 10.0 Å². The van der Waals surface area contributed by atoms with Crippen molar-refractivity contribution < 1.29 is 13.3 Å². The van der Waals surface area contributed by atoms with Gasteiger partial charge in [-0.3, -0.25) is 10.1 Å². The molecule has 1 aromatic carbocycles. The molecule has 0 saturated heterocycles. The van der Waals surface area contributed by atoms with E-state index in [9.17, 15) is 18.5 Å². The van der Waals surface area contributed by atoms with Crippen molar-refractivity contribution in [3.05, 3.63) is 45.5 Å². The third-order valence-electron chi connectivity index (χ3n) is 4.36. The summed E-state index contributed by atoms with van der Waals surface area (Å²) in [5, 5.41) is 11.2. The van der Waals surface area contributed by atoms with Crippen LogP contribution in [-0.4, -0.2) is 19.9 Å². The molecule has 0 spiro atoms. The smallest absolute Gasteiger partial charge is 0.258 e. The Morgan fingerprint density at radius 3 is 2.68 bits per heavy atom. The highest BCUT2D eigenvalue weighted by atomic mass is 35.5. The monoisotopic (exact) mass is 342 g/mol. The van der Waals surface area contributed by atoms with Crippen molar-refractivity contribution >= 4 is 27.3 Å². The second-order valence-electron chi connectivity index (χ2n) is 5.76. The SMILES string of the molecule is O=[N+]([O-])c1cc(Cl)ccc1S(=O)(=O)NC[C@@H]1C[C@@H]2C=C[C@@H]1C2. The van der Waals surface area contributed by atoms with Crippen LogP contribution < -0.4 is 4.72 Å². The second kappa shape index (κ2) is 5.64. The zero-order valence-corrected chi connectivity index (χ0v) is 13.2. The topological polar surface area (TPSA) is 89.3 Å². The van der Waals surface area contributed by atoms with Gasteiger partial charge in [-0.25, -0.2) is 13.1 Å². The molecule has 1 aromatic rings. The summed E-state index contributed by atoms with van der Waals surface area (Å²) in [6, 6.07) is 3.56. The Hall–Kier alpha value is -1.44. The average Bonchev–Trinajstić information content (AvgIpc) is 3.07. The van der Waals surface area contributed by atoms with Crippen LogP contribution in [0.4, 0.5) is 5.69 Å². The number of nitro benzene ring substituents is 1. The lowest BCUT2D eigenvalue weighted by Gasteiger charge is -2.18. The minimum atomic E-state index is -3.93. The molecule has 118 valence electrons. The van der Waals surface area contributed by atoms with Gasteiger partial charge < -0.3 is 0 Å². The maximum atomic E-state index is 12.4. The Kier molecular flexibility index (Phi) is 3.96. The summed E-state index contributed by atoms with van der Waals surface area (Å²) in [5.41, 5.74) is -0.507. The number of hydrogen-bond acceptors (Lipinski definition) is 4. The Morgan fingerprint density at radius 1 is 1.32 bits per heavy atom. The fourth-order valence-electron chi connectivity index (χ4n) is 3.28. The quantitative estimate of drug-likeness (QED) is 0.506. The van der Waals surface area contributed by atoms with Gasteiger partial charge in [0.25, 0.3) is 5.69 Å². The Balaban J connectivity index is 1.78. The number of nitrogens with one attached hydrogen (secondary N) is 1. The van der Waals surface area contributed by atoms with Gasteiger partial charge in [0.15, 0.2) is 4.90 Å². The second-order valence-corrected chi connectivity index (χ2v) is 7.93. The van der Waals surface area contributed by atoms with Crippen molar-refractivity contribution in [2.24, 2.45) is 17.8 Å². The van der Waals surface area contributed by atoms with Gasteiger partial charge in [-0.15, -0.1) is 0 Å². The molecule has 22 heavy (non-hydrogen) atoms.